The fourth-order valence-electron chi connectivity index (χ4n) is 3.96. The highest BCUT2D eigenvalue weighted by molar-refractivity contribution is 7.98. The van der Waals surface area contributed by atoms with Gasteiger partial charge < -0.3 is 10.1 Å². The highest BCUT2D eigenvalue weighted by Crippen LogP contribution is 2.36. The third-order valence-electron chi connectivity index (χ3n) is 5.47. The molecule has 1 aliphatic carbocycles. The maximum Gasteiger partial charge on any atom is 0.350 e. The van der Waals surface area contributed by atoms with Gasteiger partial charge in [-0.3, -0.25) is 4.40 Å². The van der Waals surface area contributed by atoms with Crippen LogP contribution in [0.5, 0.6) is 0 Å². The molecule has 0 bridgehead atoms. The molecule has 4 rings (SSSR count). The molecular weight excluding hydrogens is 402 g/mol. The predicted molar refractivity (Wildman–Crippen MR) is 121 cm³/mol. The highest BCUT2D eigenvalue weighted by atomic mass is 32.2. The van der Waals surface area contributed by atoms with Gasteiger partial charge in [-0.1, -0.05) is 42.7 Å². The molecule has 2 heterocycles. The molecule has 154 valence electrons. The van der Waals surface area contributed by atoms with Gasteiger partial charge >= 0.3 is 5.97 Å². The molecule has 0 unspecified atom stereocenters. The molecule has 0 atom stereocenters. The third kappa shape index (κ3) is 4.03. The molecule has 0 spiro atoms. The van der Waals surface area contributed by atoms with E-state index in [2.05, 4.69) is 40.2 Å². The van der Waals surface area contributed by atoms with Gasteiger partial charge in [-0.05, 0) is 45.1 Å². The van der Waals surface area contributed by atoms with Gasteiger partial charge in [0.25, 0.3) is 0 Å². The predicted octanol–water partition coefficient (Wildman–Crippen LogP) is 6.01. The number of aromatic nitrogens is 2. The van der Waals surface area contributed by atoms with Crippen LogP contribution in [-0.4, -0.2) is 34.3 Å². The van der Waals surface area contributed by atoms with Crippen LogP contribution in [0.15, 0.2) is 29.2 Å². The summed E-state index contributed by atoms with van der Waals surface area (Å²) < 4.78 is 7.35. The average molecular weight is 430 g/mol. The van der Waals surface area contributed by atoms with Gasteiger partial charge in [-0.15, -0.1) is 11.8 Å². The van der Waals surface area contributed by atoms with E-state index < -0.39 is 0 Å². The molecule has 5 nitrogen and oxygen atoms in total. The van der Waals surface area contributed by atoms with Gasteiger partial charge in [0, 0.05) is 22.2 Å². The number of fused-ring (bicyclic) bond motifs is 1. The van der Waals surface area contributed by atoms with Gasteiger partial charge in [-0.25, -0.2) is 9.78 Å². The lowest BCUT2D eigenvalue weighted by molar-refractivity contribution is 0.0531. The summed E-state index contributed by atoms with van der Waals surface area (Å²) in [6.45, 7) is 4.18. The summed E-state index contributed by atoms with van der Waals surface area (Å²) in [5.74, 6) is 0.725. The van der Waals surface area contributed by atoms with Gasteiger partial charge in [0.05, 0.1) is 6.61 Å². The average Bonchev–Trinajstić information content (AvgIpc) is 3.26. The fraction of sp³-hybridized carbons (Fsp3) is 0.455. The second-order valence-electron chi connectivity index (χ2n) is 7.37. The Hall–Kier alpha value is -1.99. The largest absolute Gasteiger partial charge is 0.462 e. The lowest BCUT2D eigenvalue weighted by Crippen LogP contribution is -2.23. The zero-order valence-electron chi connectivity index (χ0n) is 17.2. The minimum absolute atomic E-state index is 0.269. The molecule has 0 amide bonds. The summed E-state index contributed by atoms with van der Waals surface area (Å²) >= 11 is 3.14. The Bertz CT molecular complexity index is 1000. The maximum atomic E-state index is 12.4. The van der Waals surface area contributed by atoms with Crippen molar-refractivity contribution in [3.63, 3.8) is 0 Å². The summed E-state index contributed by atoms with van der Waals surface area (Å²) in [6, 6.07) is 8.97. The molecule has 1 aliphatic rings. The van der Waals surface area contributed by atoms with Crippen LogP contribution in [0.25, 0.3) is 16.2 Å². The number of imidazole rings is 1. The Morgan fingerprint density at radius 1 is 1.28 bits per heavy atom. The van der Waals surface area contributed by atoms with Crippen molar-refractivity contribution in [1.29, 1.82) is 0 Å². The number of carbonyl (C=O) groups is 1. The van der Waals surface area contributed by atoms with E-state index in [1.54, 1.807) is 11.8 Å². The molecule has 2 aromatic heterocycles. The number of esters is 1. The van der Waals surface area contributed by atoms with Crippen LogP contribution in [0.1, 0.15) is 54.4 Å². The number of thiazole rings is 1. The molecular formula is C22H27N3O2S2. The van der Waals surface area contributed by atoms with E-state index in [1.165, 1.54) is 48.3 Å². The van der Waals surface area contributed by atoms with Gasteiger partial charge in [0.2, 0.25) is 0 Å². The maximum absolute atomic E-state index is 12.4. The topological polar surface area (TPSA) is 55.6 Å². The van der Waals surface area contributed by atoms with Crippen LogP contribution in [0.3, 0.4) is 0 Å². The van der Waals surface area contributed by atoms with E-state index in [0.29, 0.717) is 17.5 Å². The summed E-state index contributed by atoms with van der Waals surface area (Å²) in [6.07, 6.45) is 8.26. The van der Waals surface area contributed by atoms with Crippen molar-refractivity contribution in [3.8, 4) is 11.3 Å². The number of nitrogens with zero attached hydrogens (tertiary/aromatic N) is 2. The first-order valence-electron chi connectivity index (χ1n) is 10.2. The van der Waals surface area contributed by atoms with Crippen LogP contribution in [-0.2, 0) is 4.74 Å². The Balaban J connectivity index is 1.80. The number of nitrogens with one attached hydrogen (secondary N) is 1. The van der Waals surface area contributed by atoms with Crippen LogP contribution in [0.4, 0.5) is 5.82 Å². The Kier molecular flexibility index (Phi) is 6.15. The molecule has 0 saturated heterocycles. The lowest BCUT2D eigenvalue weighted by atomic mass is 9.95. The SMILES string of the molecule is CCOC(=O)c1sc2nc(-c3ccc(SC)cc3)c(NC3CCCCC3)n2c1C. The number of aryl methyl sites for hydroxylation is 1. The molecule has 1 fully saturated rings. The molecule has 29 heavy (non-hydrogen) atoms. The molecule has 7 heteroatoms. The smallest absolute Gasteiger partial charge is 0.350 e. The van der Waals surface area contributed by atoms with Crippen LogP contribution in [0.2, 0.25) is 0 Å². The number of ether oxygens (including phenoxy) is 1. The minimum atomic E-state index is -0.269. The third-order valence-corrected chi connectivity index (χ3v) is 7.34. The van der Waals surface area contributed by atoms with Gasteiger partial charge in [0.15, 0.2) is 4.96 Å². The van der Waals surface area contributed by atoms with E-state index in [4.69, 9.17) is 9.72 Å². The number of rotatable bonds is 6. The molecule has 1 aromatic carbocycles. The van der Waals surface area contributed by atoms with Crippen molar-refractivity contribution in [2.75, 3.05) is 18.2 Å². The Morgan fingerprint density at radius 2 is 2.00 bits per heavy atom. The Labute approximate surface area is 179 Å². The summed E-state index contributed by atoms with van der Waals surface area (Å²) in [5.41, 5.74) is 2.93. The standard InChI is InChI=1S/C22H27N3O2S2/c1-4-27-21(26)19-14(2)25-20(23-16-8-6-5-7-9-16)18(24-22(25)29-19)15-10-12-17(28-3)13-11-15/h10-13,16,23H,4-9H2,1-3H3. The number of hydrogen-bond donors (Lipinski definition) is 1. The van der Waals surface area contributed by atoms with Gasteiger partial charge in [-0.2, -0.15) is 0 Å². The minimum Gasteiger partial charge on any atom is -0.462 e. The zero-order chi connectivity index (χ0) is 20.4. The number of anilines is 1. The Morgan fingerprint density at radius 3 is 2.66 bits per heavy atom. The van der Waals surface area contributed by atoms with Crippen molar-refractivity contribution in [1.82, 2.24) is 9.38 Å². The van der Waals surface area contributed by atoms with E-state index >= 15 is 0 Å². The van der Waals surface area contributed by atoms with Crippen molar-refractivity contribution in [3.05, 3.63) is 34.8 Å². The van der Waals surface area contributed by atoms with Crippen LogP contribution < -0.4 is 5.32 Å². The summed E-state index contributed by atoms with van der Waals surface area (Å²) in [4.78, 5) is 20.0. The zero-order valence-corrected chi connectivity index (χ0v) is 18.8. The quantitative estimate of drug-likeness (QED) is 0.384. The summed E-state index contributed by atoms with van der Waals surface area (Å²) in [7, 11) is 0. The highest BCUT2D eigenvalue weighted by Gasteiger charge is 2.25. The second kappa shape index (κ2) is 8.79. The normalized spacial score (nSPS) is 15.0. The molecule has 1 saturated carbocycles. The van der Waals surface area contributed by atoms with Crippen LogP contribution in [0, 0.1) is 6.92 Å². The first-order valence-corrected chi connectivity index (χ1v) is 12.3. The molecule has 3 aromatic rings. The lowest BCUT2D eigenvalue weighted by Gasteiger charge is -2.24. The van der Waals surface area contributed by atoms with Crippen molar-refractivity contribution in [2.45, 2.75) is 56.9 Å². The van der Waals surface area contributed by atoms with Crippen LogP contribution >= 0.6 is 23.1 Å². The molecule has 0 radical (unpaired) electrons. The van der Waals surface area contributed by atoms with Crippen molar-refractivity contribution in [2.24, 2.45) is 0 Å². The first kappa shape index (κ1) is 20.3. The monoisotopic (exact) mass is 429 g/mol. The van der Waals surface area contributed by atoms with Crippen molar-refractivity contribution >= 4 is 39.8 Å². The molecule has 1 N–H and O–H groups in total. The number of carbonyl (C=O) groups excluding carboxylic acids is 1. The van der Waals surface area contributed by atoms with E-state index in [9.17, 15) is 4.79 Å². The van der Waals surface area contributed by atoms with Gasteiger partial charge in [0.1, 0.15) is 16.4 Å². The number of benzene rings is 1. The summed E-state index contributed by atoms with van der Waals surface area (Å²) in [5, 5.41) is 3.77. The second-order valence-corrected chi connectivity index (χ2v) is 9.23. The molecule has 0 aliphatic heterocycles. The number of hydrogen-bond acceptors (Lipinski definition) is 6. The van der Waals surface area contributed by atoms with E-state index in [0.717, 1.165) is 27.7 Å². The van der Waals surface area contributed by atoms with E-state index in [-0.39, 0.29) is 5.97 Å². The van der Waals surface area contributed by atoms with Crippen molar-refractivity contribution < 1.29 is 9.53 Å². The number of thioether (sulfide) groups is 1. The van der Waals surface area contributed by atoms with E-state index in [1.807, 2.05) is 13.8 Å². The first-order chi connectivity index (χ1) is 14.1. The fourth-order valence-corrected chi connectivity index (χ4v) is 5.38.